The molecule has 54 heavy (non-hydrogen) atoms. The Kier molecular flexibility index (Phi) is 22.3. The van der Waals surface area contributed by atoms with Crippen molar-refractivity contribution in [2.45, 2.75) is 51.5 Å². The highest BCUT2D eigenvalue weighted by Gasteiger charge is 2.26. The molecule has 3 aromatic rings. The van der Waals surface area contributed by atoms with Crippen molar-refractivity contribution < 1.29 is 39.0 Å². The van der Waals surface area contributed by atoms with Gasteiger partial charge in [-0.25, -0.2) is 9.97 Å². The molecule has 1 aromatic heterocycles. The molecule has 0 bridgehead atoms. The summed E-state index contributed by atoms with van der Waals surface area (Å²) in [4.78, 5) is 44.6. The number of aromatic nitrogens is 2. The maximum absolute atomic E-state index is 12.6. The SMILES string of the molecule is CCCc1ccc(OCC(=O)NCCO)cc1.CCl.Nc1nc(N)c(C(=O)NC2CCC[NH+](CCCc3ccc(OCC(=O)NCCO)cc3)C2)nc1Cl. The minimum atomic E-state index is -0.392. The van der Waals surface area contributed by atoms with E-state index in [2.05, 4.69) is 44.4 Å². The molecule has 3 amide bonds. The summed E-state index contributed by atoms with van der Waals surface area (Å²) in [5.41, 5.74) is 13.8. The van der Waals surface area contributed by atoms with Crippen molar-refractivity contribution in [3.05, 3.63) is 70.5 Å². The van der Waals surface area contributed by atoms with Gasteiger partial charge in [-0.05, 0) is 61.1 Å². The van der Waals surface area contributed by atoms with Crippen LogP contribution in [0.2, 0.25) is 5.15 Å². The predicted octanol–water partition coefficient (Wildman–Crippen LogP) is 1.17. The number of aliphatic hydroxyl groups is 2. The number of carbonyl (C=O) groups is 3. The first-order valence-corrected chi connectivity index (χ1v) is 19.0. The number of nitrogens with zero attached hydrogens (tertiary/aromatic N) is 2. The second kappa shape index (κ2) is 26.4. The molecule has 2 atom stereocenters. The number of aryl methyl sites for hydroxylation is 2. The number of aliphatic hydroxyl groups excluding tert-OH is 2. The van der Waals surface area contributed by atoms with E-state index in [-0.39, 0.29) is 79.9 Å². The van der Waals surface area contributed by atoms with Crippen LogP contribution in [0.1, 0.15) is 54.2 Å². The smallest absolute Gasteiger partial charge is 0.274 e. The van der Waals surface area contributed by atoms with Gasteiger partial charge in [0, 0.05) is 25.9 Å². The Morgan fingerprint density at radius 1 is 0.852 bits per heavy atom. The average Bonchev–Trinajstić information content (AvgIpc) is 3.18. The molecule has 0 saturated carbocycles. The molecule has 17 heteroatoms. The third-order valence-electron chi connectivity index (χ3n) is 8.06. The number of nitrogen functional groups attached to an aromatic ring is 2. The number of halogens is 2. The van der Waals surface area contributed by atoms with Gasteiger partial charge in [0.05, 0.1) is 38.9 Å². The van der Waals surface area contributed by atoms with Gasteiger partial charge >= 0.3 is 0 Å². The van der Waals surface area contributed by atoms with Crippen LogP contribution < -0.4 is 41.8 Å². The number of piperidine rings is 1. The van der Waals surface area contributed by atoms with Crippen molar-refractivity contribution in [3.63, 3.8) is 0 Å². The Morgan fingerprint density at radius 2 is 1.39 bits per heavy atom. The van der Waals surface area contributed by atoms with Crippen LogP contribution >= 0.6 is 23.2 Å². The number of likely N-dealkylation sites (tertiary alicyclic amines) is 1. The third-order valence-corrected chi connectivity index (χ3v) is 8.34. The summed E-state index contributed by atoms with van der Waals surface area (Å²) in [5, 5.41) is 25.3. The molecule has 2 aromatic carbocycles. The van der Waals surface area contributed by atoms with Gasteiger partial charge in [-0.1, -0.05) is 49.2 Å². The van der Waals surface area contributed by atoms with Crippen molar-refractivity contribution in [1.82, 2.24) is 25.9 Å². The first-order valence-electron chi connectivity index (χ1n) is 17.9. The number of quaternary nitrogens is 1. The number of amides is 3. The summed E-state index contributed by atoms with van der Waals surface area (Å²) in [5.74, 6) is 0.386. The van der Waals surface area contributed by atoms with E-state index in [0.717, 1.165) is 58.2 Å². The zero-order valence-corrected chi connectivity index (χ0v) is 32.6. The van der Waals surface area contributed by atoms with E-state index in [0.29, 0.717) is 11.5 Å². The summed E-state index contributed by atoms with van der Waals surface area (Å²) in [6.45, 7) is 5.23. The summed E-state index contributed by atoms with van der Waals surface area (Å²) in [6, 6.07) is 15.5. The molecule has 10 N–H and O–H groups in total. The molecule has 1 aliphatic heterocycles. The highest BCUT2D eigenvalue weighted by molar-refractivity contribution is 6.31. The van der Waals surface area contributed by atoms with Gasteiger partial charge in [-0.2, -0.15) is 0 Å². The summed E-state index contributed by atoms with van der Waals surface area (Å²) in [6.07, 6.45) is 7.48. The van der Waals surface area contributed by atoms with Gasteiger partial charge in [-0.3, -0.25) is 14.4 Å². The molecule has 1 saturated heterocycles. The molecule has 2 heterocycles. The van der Waals surface area contributed by atoms with Crippen LogP contribution in [0, 0.1) is 0 Å². The molecule has 4 rings (SSSR count). The number of nitrogens with two attached hydrogens (primary N) is 2. The van der Waals surface area contributed by atoms with Crippen LogP contribution in [0.25, 0.3) is 0 Å². The van der Waals surface area contributed by atoms with Crippen molar-refractivity contribution in [2.24, 2.45) is 0 Å². The Bertz CT molecular complexity index is 1550. The number of hydrogen-bond donors (Lipinski definition) is 8. The van der Waals surface area contributed by atoms with Crippen molar-refractivity contribution in [1.29, 1.82) is 0 Å². The molecular weight excluding hydrogens is 739 g/mol. The molecule has 298 valence electrons. The Hall–Kier alpha value is -4.41. The lowest BCUT2D eigenvalue weighted by molar-refractivity contribution is -0.906. The van der Waals surface area contributed by atoms with Crippen LogP contribution in [-0.4, -0.2) is 109 Å². The molecular formula is C37H55Cl2N8O7+. The van der Waals surface area contributed by atoms with Gasteiger partial charge in [0.25, 0.3) is 17.7 Å². The van der Waals surface area contributed by atoms with E-state index in [9.17, 15) is 14.4 Å². The lowest BCUT2D eigenvalue weighted by atomic mass is 10.0. The van der Waals surface area contributed by atoms with E-state index in [1.165, 1.54) is 22.4 Å². The number of ether oxygens (including phenoxy) is 2. The normalized spacial score (nSPS) is 14.6. The topological polar surface area (TPSA) is 228 Å². The monoisotopic (exact) mass is 793 g/mol. The standard InChI is InChI=1S/C23H32ClN7O4.C13H19NO3.CH3Cl/c24-20-22(26)30-21(25)19(29-20)23(34)28-16-4-2-11-31(13-16)10-1-3-15-5-7-17(8-6-15)35-14-18(33)27-9-12-32;1-2-3-11-4-6-12(7-5-11)17-10-13(16)14-8-9-15;1-2/h5-8,16,32H,1-4,9-14H2,(H,27,33)(H,28,34)(H4,25,26,30);4-7,15H,2-3,8-10H2,1H3,(H,14,16);1H3/p+1. The molecule has 0 aliphatic carbocycles. The molecule has 0 spiro atoms. The number of nitrogens with one attached hydrogen (secondary N) is 4. The van der Waals surface area contributed by atoms with Crippen LogP contribution in [0.3, 0.4) is 0 Å². The maximum atomic E-state index is 12.6. The minimum Gasteiger partial charge on any atom is -0.484 e. The highest BCUT2D eigenvalue weighted by Crippen LogP contribution is 2.18. The third kappa shape index (κ3) is 17.6. The number of alkyl halides is 1. The minimum absolute atomic E-state index is 0.00203. The highest BCUT2D eigenvalue weighted by atomic mass is 35.5. The van der Waals surface area contributed by atoms with Crippen LogP contribution in [0.5, 0.6) is 11.5 Å². The zero-order valence-electron chi connectivity index (χ0n) is 31.0. The van der Waals surface area contributed by atoms with Gasteiger partial charge in [0.2, 0.25) is 0 Å². The average molecular weight is 795 g/mol. The van der Waals surface area contributed by atoms with Crippen molar-refractivity contribution in [2.75, 3.05) is 77.0 Å². The van der Waals surface area contributed by atoms with Crippen LogP contribution in [0.4, 0.5) is 11.6 Å². The fraction of sp³-hybridized carbons (Fsp3) is 0.486. The first-order chi connectivity index (χ1) is 26.1. The van der Waals surface area contributed by atoms with E-state index in [4.69, 9.17) is 42.8 Å². The summed E-state index contributed by atoms with van der Waals surface area (Å²) in [7, 11) is 0. The summed E-state index contributed by atoms with van der Waals surface area (Å²) >= 11 is 10.5. The van der Waals surface area contributed by atoms with Gasteiger partial charge < -0.3 is 52.0 Å². The van der Waals surface area contributed by atoms with Crippen LogP contribution in [0.15, 0.2) is 48.5 Å². The van der Waals surface area contributed by atoms with Gasteiger partial charge in [0.15, 0.2) is 35.7 Å². The predicted molar refractivity (Wildman–Crippen MR) is 210 cm³/mol. The Balaban J connectivity index is 0.000000445. The molecule has 1 fully saturated rings. The largest absolute Gasteiger partial charge is 0.484 e. The fourth-order valence-corrected chi connectivity index (χ4v) is 5.62. The number of hydrogen-bond acceptors (Lipinski definition) is 11. The second-order valence-corrected chi connectivity index (χ2v) is 12.6. The number of rotatable bonds is 18. The second-order valence-electron chi connectivity index (χ2n) is 12.3. The Labute approximate surface area is 327 Å². The molecule has 0 radical (unpaired) electrons. The zero-order chi connectivity index (χ0) is 39.7. The number of benzene rings is 2. The lowest BCUT2D eigenvalue weighted by Gasteiger charge is -2.30. The van der Waals surface area contributed by atoms with Gasteiger partial charge in [-0.15, -0.1) is 11.6 Å². The van der Waals surface area contributed by atoms with E-state index in [1.54, 1.807) is 0 Å². The molecule has 2 unspecified atom stereocenters. The molecule has 1 aliphatic rings. The lowest BCUT2D eigenvalue weighted by Crippen LogP contribution is -3.14. The van der Waals surface area contributed by atoms with Crippen molar-refractivity contribution >= 4 is 52.6 Å². The van der Waals surface area contributed by atoms with E-state index < -0.39 is 5.91 Å². The first kappa shape index (κ1) is 45.7. The van der Waals surface area contributed by atoms with Gasteiger partial charge in [0.1, 0.15) is 11.5 Å². The van der Waals surface area contributed by atoms with Crippen LogP contribution in [-0.2, 0) is 22.4 Å². The number of anilines is 2. The quantitative estimate of drug-likeness (QED) is 0.0853. The maximum Gasteiger partial charge on any atom is 0.274 e. The Morgan fingerprint density at radius 3 is 1.91 bits per heavy atom. The van der Waals surface area contributed by atoms with Crippen molar-refractivity contribution in [3.8, 4) is 11.5 Å². The number of carbonyl (C=O) groups excluding carboxylic acids is 3. The molecule has 15 nitrogen and oxygen atoms in total. The fourth-order valence-electron chi connectivity index (χ4n) is 5.49. The van der Waals surface area contributed by atoms with E-state index >= 15 is 0 Å². The summed E-state index contributed by atoms with van der Waals surface area (Å²) < 4.78 is 10.8. The van der Waals surface area contributed by atoms with E-state index in [1.807, 2.05) is 48.5 Å².